The lowest BCUT2D eigenvalue weighted by molar-refractivity contribution is -0.0235. The predicted molar refractivity (Wildman–Crippen MR) is 95.3 cm³/mol. The van der Waals surface area contributed by atoms with E-state index in [2.05, 4.69) is 25.3 Å². The number of hydrogen-bond acceptors (Lipinski definition) is 5. The third-order valence-electron chi connectivity index (χ3n) is 4.91. The highest BCUT2D eigenvalue weighted by Gasteiger charge is 2.38. The van der Waals surface area contributed by atoms with Crippen LogP contribution in [0.1, 0.15) is 19.8 Å². The van der Waals surface area contributed by atoms with E-state index in [9.17, 15) is 9.50 Å². The number of rotatable bonds is 3. The summed E-state index contributed by atoms with van der Waals surface area (Å²) in [6, 6.07) is 3.85. The first kappa shape index (κ1) is 15.3. The molecule has 26 heavy (non-hydrogen) atoms. The van der Waals surface area contributed by atoms with Crippen LogP contribution in [0.15, 0.2) is 36.9 Å². The summed E-state index contributed by atoms with van der Waals surface area (Å²) in [6.07, 6.45) is 7.87. The van der Waals surface area contributed by atoms with Gasteiger partial charge in [0.15, 0.2) is 0 Å². The largest absolute Gasteiger partial charge is 0.390 e. The Hall–Kier alpha value is -3.00. The van der Waals surface area contributed by atoms with Crippen molar-refractivity contribution in [2.75, 3.05) is 5.32 Å². The van der Waals surface area contributed by atoms with Gasteiger partial charge in [0.2, 0.25) is 11.9 Å². The minimum Gasteiger partial charge on any atom is -0.390 e. The van der Waals surface area contributed by atoms with Gasteiger partial charge in [0, 0.05) is 41.1 Å². The Bertz CT molecular complexity index is 1120. The van der Waals surface area contributed by atoms with Gasteiger partial charge in [-0.05, 0) is 31.9 Å². The Labute approximate surface area is 147 Å². The van der Waals surface area contributed by atoms with Gasteiger partial charge in [-0.3, -0.25) is 4.40 Å². The zero-order valence-electron chi connectivity index (χ0n) is 14.1. The summed E-state index contributed by atoms with van der Waals surface area (Å²) in [5, 5.41) is 13.9. The van der Waals surface area contributed by atoms with E-state index in [4.69, 9.17) is 0 Å². The lowest BCUT2D eigenvalue weighted by Crippen LogP contribution is -2.48. The summed E-state index contributed by atoms with van der Waals surface area (Å²) in [7, 11) is 0. The molecule has 0 atom stereocenters. The molecule has 1 aliphatic carbocycles. The molecule has 0 unspecified atom stereocenters. The first-order chi connectivity index (χ1) is 12.5. The lowest BCUT2D eigenvalue weighted by atomic mass is 9.77. The first-order valence-corrected chi connectivity index (χ1v) is 8.45. The molecule has 4 aromatic rings. The highest BCUT2D eigenvalue weighted by Crippen LogP contribution is 2.34. The number of pyridine rings is 1. The van der Waals surface area contributed by atoms with Crippen molar-refractivity contribution in [3.05, 3.63) is 42.9 Å². The number of imidazole rings is 1. The molecular formula is C18H17FN6O. The summed E-state index contributed by atoms with van der Waals surface area (Å²) in [6.45, 7) is 1.83. The van der Waals surface area contributed by atoms with Crippen molar-refractivity contribution in [1.29, 1.82) is 0 Å². The normalized spacial score (nSPS) is 22.7. The molecule has 1 fully saturated rings. The van der Waals surface area contributed by atoms with Crippen molar-refractivity contribution in [3.63, 3.8) is 0 Å². The molecule has 132 valence electrons. The Morgan fingerprint density at radius 1 is 1.31 bits per heavy atom. The highest BCUT2D eigenvalue weighted by molar-refractivity contribution is 5.93. The van der Waals surface area contributed by atoms with E-state index in [-0.39, 0.29) is 6.04 Å². The highest BCUT2D eigenvalue weighted by atomic mass is 19.1. The molecule has 8 heteroatoms. The molecule has 0 amide bonds. The van der Waals surface area contributed by atoms with E-state index in [1.54, 1.807) is 18.5 Å². The number of aromatic amines is 1. The van der Waals surface area contributed by atoms with E-state index >= 15 is 0 Å². The van der Waals surface area contributed by atoms with Crippen LogP contribution in [0.25, 0.3) is 27.8 Å². The van der Waals surface area contributed by atoms with Crippen LogP contribution < -0.4 is 5.32 Å². The number of halogens is 1. The molecule has 4 aromatic heterocycles. The number of aliphatic hydroxyl groups is 1. The number of nitrogens with zero attached hydrogens (tertiary/aromatic N) is 4. The molecule has 0 bridgehead atoms. The smallest absolute Gasteiger partial charge is 0.224 e. The van der Waals surface area contributed by atoms with Crippen LogP contribution in [0.5, 0.6) is 0 Å². The fourth-order valence-corrected chi connectivity index (χ4v) is 3.61. The number of fused-ring (bicyclic) bond motifs is 2. The van der Waals surface area contributed by atoms with Gasteiger partial charge in [0.25, 0.3) is 0 Å². The second-order valence-corrected chi connectivity index (χ2v) is 7.13. The molecule has 1 saturated carbocycles. The van der Waals surface area contributed by atoms with Crippen LogP contribution >= 0.6 is 0 Å². The third kappa shape index (κ3) is 2.41. The van der Waals surface area contributed by atoms with Crippen molar-refractivity contribution in [2.45, 2.75) is 31.4 Å². The first-order valence-electron chi connectivity index (χ1n) is 8.45. The number of anilines is 1. The average Bonchev–Trinajstić information content (AvgIpc) is 3.16. The fraction of sp³-hybridized carbons (Fsp3) is 0.278. The van der Waals surface area contributed by atoms with Crippen LogP contribution in [0.2, 0.25) is 0 Å². The van der Waals surface area contributed by atoms with Crippen LogP contribution in [0, 0.1) is 5.95 Å². The Morgan fingerprint density at radius 3 is 2.96 bits per heavy atom. The zero-order valence-corrected chi connectivity index (χ0v) is 14.1. The Balaban J connectivity index is 1.48. The van der Waals surface area contributed by atoms with Gasteiger partial charge >= 0.3 is 0 Å². The van der Waals surface area contributed by atoms with Crippen LogP contribution in [-0.2, 0) is 0 Å². The van der Waals surface area contributed by atoms with Crippen molar-refractivity contribution in [3.8, 4) is 11.1 Å². The maximum Gasteiger partial charge on any atom is 0.224 e. The van der Waals surface area contributed by atoms with Gasteiger partial charge in [-0.15, -0.1) is 0 Å². The van der Waals surface area contributed by atoms with Crippen molar-refractivity contribution in [2.24, 2.45) is 0 Å². The predicted octanol–water partition coefficient (Wildman–Crippen LogP) is 2.74. The van der Waals surface area contributed by atoms with E-state index < -0.39 is 11.5 Å². The molecule has 0 saturated heterocycles. The summed E-state index contributed by atoms with van der Waals surface area (Å²) in [5.74, 6) is 0.128. The molecule has 0 aromatic carbocycles. The number of nitrogens with one attached hydrogen (secondary N) is 2. The lowest BCUT2D eigenvalue weighted by Gasteiger charge is -2.41. The van der Waals surface area contributed by atoms with Crippen LogP contribution in [-0.4, -0.2) is 41.1 Å². The Kier molecular flexibility index (Phi) is 3.08. The molecule has 7 nitrogen and oxygen atoms in total. The topological polar surface area (TPSA) is 91.1 Å². The van der Waals surface area contributed by atoms with E-state index in [0.29, 0.717) is 30.1 Å². The van der Waals surface area contributed by atoms with Gasteiger partial charge < -0.3 is 15.4 Å². The maximum atomic E-state index is 13.8. The minimum absolute atomic E-state index is 0.184. The van der Waals surface area contributed by atoms with Crippen LogP contribution in [0.3, 0.4) is 0 Å². The summed E-state index contributed by atoms with van der Waals surface area (Å²) in [4.78, 5) is 16.0. The van der Waals surface area contributed by atoms with Gasteiger partial charge in [-0.2, -0.15) is 9.37 Å². The van der Waals surface area contributed by atoms with Gasteiger partial charge in [-0.25, -0.2) is 9.97 Å². The third-order valence-corrected chi connectivity index (χ3v) is 4.91. The molecule has 0 aliphatic heterocycles. The summed E-state index contributed by atoms with van der Waals surface area (Å²) < 4.78 is 15.2. The van der Waals surface area contributed by atoms with E-state index in [1.807, 2.05) is 19.2 Å². The Morgan fingerprint density at radius 2 is 2.15 bits per heavy atom. The van der Waals surface area contributed by atoms with Crippen LogP contribution in [0.4, 0.5) is 10.3 Å². The number of aromatic nitrogens is 5. The summed E-state index contributed by atoms with van der Waals surface area (Å²) >= 11 is 0. The molecule has 1 aliphatic rings. The van der Waals surface area contributed by atoms with Gasteiger partial charge in [-0.1, -0.05) is 0 Å². The SMILES string of the molecule is C[C@]1(O)C[C@@H](Nc2ncc3c(-c4ccc5ncc(F)n5c4)c[nH]c3n2)C1. The molecule has 0 radical (unpaired) electrons. The molecule has 5 rings (SSSR count). The number of H-pyrrole nitrogens is 1. The average molecular weight is 352 g/mol. The fourth-order valence-electron chi connectivity index (χ4n) is 3.61. The zero-order chi connectivity index (χ0) is 17.9. The van der Waals surface area contributed by atoms with Crippen molar-refractivity contribution < 1.29 is 9.50 Å². The minimum atomic E-state index is -0.595. The van der Waals surface area contributed by atoms with E-state index in [0.717, 1.165) is 16.5 Å². The van der Waals surface area contributed by atoms with Crippen molar-refractivity contribution in [1.82, 2.24) is 24.3 Å². The maximum absolute atomic E-state index is 13.8. The number of hydrogen-bond donors (Lipinski definition) is 3. The van der Waals surface area contributed by atoms with Gasteiger partial charge in [0.05, 0.1) is 11.8 Å². The monoisotopic (exact) mass is 352 g/mol. The van der Waals surface area contributed by atoms with E-state index in [1.165, 1.54) is 10.6 Å². The molecular weight excluding hydrogens is 335 g/mol. The summed E-state index contributed by atoms with van der Waals surface area (Å²) in [5.41, 5.74) is 2.41. The quantitative estimate of drug-likeness (QED) is 0.527. The second kappa shape index (κ2) is 5.25. The molecule has 3 N–H and O–H groups in total. The van der Waals surface area contributed by atoms with Gasteiger partial charge in [0.1, 0.15) is 11.3 Å². The molecule has 4 heterocycles. The second-order valence-electron chi connectivity index (χ2n) is 7.13. The van der Waals surface area contributed by atoms with Crippen molar-refractivity contribution >= 4 is 22.6 Å². The molecule has 0 spiro atoms. The standard InChI is InChI=1S/C18H17FN6O/c1-18(26)4-11(5-18)23-17-22-7-13-12(6-21-16(13)24-17)10-2-3-15-20-8-14(19)25(15)9-10/h2-3,6-9,11,26H,4-5H2,1H3,(H2,21,22,23,24)/t11-,18+.